The summed E-state index contributed by atoms with van der Waals surface area (Å²) < 4.78 is 5.27. The highest BCUT2D eigenvalue weighted by molar-refractivity contribution is 6.03. The number of H-pyrrole nitrogens is 1. The van der Waals surface area contributed by atoms with Crippen LogP contribution in [0.4, 0.5) is 21.0 Å². The summed E-state index contributed by atoms with van der Waals surface area (Å²) in [6.45, 7) is 16.5. The predicted molar refractivity (Wildman–Crippen MR) is 195 cm³/mol. The molecule has 0 bridgehead atoms. The summed E-state index contributed by atoms with van der Waals surface area (Å²) in [6, 6.07) is 17.2. The fourth-order valence-electron chi connectivity index (χ4n) is 5.31. The van der Waals surface area contributed by atoms with Crippen LogP contribution in [-0.4, -0.2) is 40.8 Å². The van der Waals surface area contributed by atoms with Gasteiger partial charge in [0.15, 0.2) is 0 Å². The van der Waals surface area contributed by atoms with Crippen molar-refractivity contribution in [3.8, 4) is 23.0 Å². The summed E-state index contributed by atoms with van der Waals surface area (Å²) in [5.74, 6) is 6.32. The zero-order valence-corrected chi connectivity index (χ0v) is 29.3. The number of hydrogen-bond donors (Lipinski definition) is 3. The molecule has 9 heteroatoms. The average Bonchev–Trinajstić information content (AvgIpc) is 3.02. The van der Waals surface area contributed by atoms with E-state index in [4.69, 9.17) is 4.74 Å². The number of pyridine rings is 2. The number of fused-ring (bicyclic) bond motifs is 1. The predicted octanol–water partition coefficient (Wildman–Crippen LogP) is 8.55. The highest BCUT2D eigenvalue weighted by Gasteiger charge is 2.24. The molecule has 2 heterocycles. The van der Waals surface area contributed by atoms with Gasteiger partial charge in [0, 0.05) is 29.4 Å². The van der Waals surface area contributed by atoms with E-state index in [0.717, 1.165) is 51.7 Å². The van der Waals surface area contributed by atoms with Gasteiger partial charge in [0.1, 0.15) is 16.9 Å². The number of amides is 3. The second-order valence-corrected chi connectivity index (χ2v) is 13.4. The third-order valence-corrected chi connectivity index (χ3v) is 7.69. The molecule has 0 spiro atoms. The van der Waals surface area contributed by atoms with E-state index < -0.39 is 11.7 Å². The first-order valence-electron chi connectivity index (χ1n) is 16.6. The zero-order chi connectivity index (χ0) is 35.0. The Balaban J connectivity index is 1.67. The molecule has 0 unspecified atom stereocenters. The number of nitrogens with zero attached hydrogens (tertiary/aromatic N) is 2. The van der Waals surface area contributed by atoms with E-state index in [9.17, 15) is 14.4 Å². The Morgan fingerprint density at radius 1 is 0.979 bits per heavy atom. The van der Waals surface area contributed by atoms with Crippen LogP contribution in [-0.2, 0) is 4.74 Å². The number of aromatic nitrogens is 2. The fourth-order valence-corrected chi connectivity index (χ4v) is 5.31. The number of nitrogens with one attached hydrogen (secondary N) is 3. The molecule has 2 aromatic carbocycles. The van der Waals surface area contributed by atoms with Crippen LogP contribution in [0.1, 0.15) is 96.8 Å². The Morgan fingerprint density at radius 2 is 1.69 bits per heavy atom. The molecule has 9 nitrogen and oxygen atoms in total. The molecule has 3 N–H and O–H groups in total. The SMILES string of the molecule is CCCCN(C(=O)Nc1c(C(C)C)cc(-c2cccc(C#CCNC(=O)OC(C)(C)C)c2)cc1C(C)C)c1cc2cccnc2[nH]c1=O. The molecule has 3 amide bonds. The van der Waals surface area contributed by atoms with Gasteiger partial charge in [0.25, 0.3) is 5.56 Å². The molecule has 0 aliphatic heterocycles. The van der Waals surface area contributed by atoms with Gasteiger partial charge < -0.3 is 20.4 Å². The second kappa shape index (κ2) is 15.7. The van der Waals surface area contributed by atoms with Crippen molar-refractivity contribution in [3.05, 3.63) is 87.8 Å². The van der Waals surface area contributed by atoms with E-state index in [1.807, 2.05) is 51.1 Å². The first kappa shape index (κ1) is 35.7. The lowest BCUT2D eigenvalue weighted by Gasteiger charge is -2.27. The maximum atomic E-state index is 14.1. The number of ether oxygens (including phenoxy) is 1. The topological polar surface area (TPSA) is 116 Å². The second-order valence-electron chi connectivity index (χ2n) is 13.4. The van der Waals surface area contributed by atoms with Crippen LogP contribution in [0.3, 0.4) is 0 Å². The van der Waals surface area contributed by atoms with Crippen molar-refractivity contribution in [2.75, 3.05) is 23.3 Å². The molecule has 4 aromatic rings. The Morgan fingerprint density at radius 3 is 2.33 bits per heavy atom. The quantitative estimate of drug-likeness (QED) is 0.157. The highest BCUT2D eigenvalue weighted by atomic mass is 16.6. The molecule has 2 aromatic heterocycles. The van der Waals surface area contributed by atoms with Crippen LogP contribution >= 0.6 is 0 Å². The summed E-state index contributed by atoms with van der Waals surface area (Å²) >= 11 is 0. The Kier molecular flexibility index (Phi) is 11.7. The van der Waals surface area contributed by atoms with E-state index in [0.29, 0.717) is 12.2 Å². The molecule has 48 heavy (non-hydrogen) atoms. The number of carbonyl (C=O) groups excluding carboxylic acids is 2. The monoisotopic (exact) mass is 649 g/mol. The number of unbranched alkanes of at least 4 members (excludes halogenated alkanes) is 1. The summed E-state index contributed by atoms with van der Waals surface area (Å²) in [6.07, 6.45) is 2.72. The van der Waals surface area contributed by atoms with Crippen molar-refractivity contribution < 1.29 is 14.3 Å². The summed E-state index contributed by atoms with van der Waals surface area (Å²) in [5, 5.41) is 6.64. The van der Waals surface area contributed by atoms with Crippen LogP contribution in [0.15, 0.2) is 65.6 Å². The van der Waals surface area contributed by atoms with Gasteiger partial charge in [-0.15, -0.1) is 0 Å². The van der Waals surface area contributed by atoms with E-state index in [2.05, 4.69) is 79.2 Å². The maximum absolute atomic E-state index is 14.1. The van der Waals surface area contributed by atoms with Crippen LogP contribution < -0.4 is 21.1 Å². The Bertz CT molecular complexity index is 1860. The molecule has 0 atom stereocenters. The van der Waals surface area contributed by atoms with E-state index in [-0.39, 0.29) is 35.7 Å². The van der Waals surface area contributed by atoms with Crippen molar-refractivity contribution in [1.29, 1.82) is 0 Å². The van der Waals surface area contributed by atoms with Crippen LogP contribution in [0.5, 0.6) is 0 Å². The maximum Gasteiger partial charge on any atom is 0.408 e. The molecule has 0 saturated heterocycles. The van der Waals surface area contributed by atoms with Gasteiger partial charge in [-0.05, 0) is 104 Å². The van der Waals surface area contributed by atoms with Gasteiger partial charge in [-0.25, -0.2) is 14.6 Å². The van der Waals surface area contributed by atoms with Crippen LogP contribution in [0.2, 0.25) is 0 Å². The van der Waals surface area contributed by atoms with Crippen molar-refractivity contribution in [1.82, 2.24) is 15.3 Å². The molecular formula is C39H47N5O4. The number of hydrogen-bond acceptors (Lipinski definition) is 5. The molecular weight excluding hydrogens is 602 g/mol. The van der Waals surface area contributed by atoms with Crippen LogP contribution in [0.25, 0.3) is 22.2 Å². The normalized spacial score (nSPS) is 11.3. The molecule has 0 aliphatic rings. The summed E-state index contributed by atoms with van der Waals surface area (Å²) in [5.41, 5.74) is 5.40. The third kappa shape index (κ3) is 9.25. The molecule has 252 valence electrons. The van der Waals surface area contributed by atoms with Crippen molar-refractivity contribution in [2.24, 2.45) is 0 Å². The molecule has 0 aliphatic carbocycles. The number of aromatic amines is 1. The number of urea groups is 1. The van der Waals surface area contributed by atoms with Gasteiger partial charge in [-0.1, -0.05) is 65.0 Å². The largest absolute Gasteiger partial charge is 0.444 e. The minimum Gasteiger partial charge on any atom is -0.444 e. The smallest absolute Gasteiger partial charge is 0.408 e. The third-order valence-electron chi connectivity index (χ3n) is 7.69. The van der Waals surface area contributed by atoms with Gasteiger partial charge in [-0.2, -0.15) is 0 Å². The van der Waals surface area contributed by atoms with Gasteiger partial charge in [0.2, 0.25) is 0 Å². The lowest BCUT2D eigenvalue weighted by atomic mass is 9.88. The molecule has 0 radical (unpaired) electrons. The van der Waals surface area contributed by atoms with E-state index >= 15 is 0 Å². The Hall–Kier alpha value is -5.10. The molecule has 0 saturated carbocycles. The number of rotatable bonds is 9. The standard InChI is InChI=1S/C39H47N5O4/c1-9-10-20-44(33-24-29-17-13-18-40-35(29)43-36(33)45)37(46)42-34-31(25(2)3)22-30(23-32(34)26(4)5)28-16-11-14-27(21-28)15-12-19-41-38(47)48-39(6,7)8/h11,13-14,16-18,21-26H,9-10,19-20H2,1-8H3,(H,41,47)(H,42,46)(H,40,43,45). The van der Waals surface area contributed by atoms with Crippen LogP contribution in [0, 0.1) is 11.8 Å². The highest BCUT2D eigenvalue weighted by Crippen LogP contribution is 2.38. The summed E-state index contributed by atoms with van der Waals surface area (Å²) in [4.78, 5) is 47.8. The number of benzene rings is 2. The van der Waals surface area contributed by atoms with E-state index in [1.54, 1.807) is 18.3 Å². The lowest BCUT2D eigenvalue weighted by Crippen LogP contribution is -2.39. The first-order valence-corrected chi connectivity index (χ1v) is 16.6. The number of alkyl carbamates (subject to hydrolysis) is 1. The van der Waals surface area contributed by atoms with Crippen molar-refractivity contribution in [2.45, 2.75) is 85.7 Å². The summed E-state index contributed by atoms with van der Waals surface area (Å²) in [7, 11) is 0. The molecule has 4 rings (SSSR count). The van der Waals surface area contributed by atoms with Crippen molar-refractivity contribution in [3.63, 3.8) is 0 Å². The molecule has 0 fully saturated rings. The number of anilines is 2. The average molecular weight is 650 g/mol. The minimum atomic E-state index is -0.573. The minimum absolute atomic E-state index is 0.0962. The Labute approximate surface area is 283 Å². The van der Waals surface area contributed by atoms with Crippen molar-refractivity contribution >= 4 is 34.5 Å². The first-order chi connectivity index (χ1) is 22.8. The lowest BCUT2D eigenvalue weighted by molar-refractivity contribution is 0.0535. The zero-order valence-electron chi connectivity index (χ0n) is 29.3. The fraction of sp³-hybridized carbons (Fsp3) is 0.385. The van der Waals surface area contributed by atoms with Gasteiger partial charge >= 0.3 is 12.1 Å². The van der Waals surface area contributed by atoms with Gasteiger partial charge in [0.05, 0.1) is 6.54 Å². The number of carbonyl (C=O) groups is 2. The van der Waals surface area contributed by atoms with Gasteiger partial charge in [-0.3, -0.25) is 9.69 Å². The van der Waals surface area contributed by atoms with E-state index in [1.165, 1.54) is 4.90 Å².